The van der Waals surface area contributed by atoms with E-state index in [0.717, 1.165) is 64.2 Å². The summed E-state index contributed by atoms with van der Waals surface area (Å²) in [5.74, 6) is -0.371. The van der Waals surface area contributed by atoms with Gasteiger partial charge in [-0.25, -0.2) is 0 Å². The zero-order valence-electron chi connectivity index (χ0n) is 18.3. The van der Waals surface area contributed by atoms with Gasteiger partial charge < -0.3 is 14.9 Å². The lowest BCUT2D eigenvalue weighted by atomic mass is 9.62. The molecule has 1 unspecified atom stereocenters. The molecule has 2 N–H and O–H groups in total. The summed E-state index contributed by atoms with van der Waals surface area (Å²) in [6.07, 6.45) is 14.4. The maximum atomic E-state index is 12.4. The number of hydrogen-bond acceptors (Lipinski definition) is 5. The molecule has 0 radical (unpaired) electrons. The van der Waals surface area contributed by atoms with Crippen LogP contribution in [0, 0.1) is 17.3 Å². The van der Waals surface area contributed by atoms with Crippen LogP contribution in [0.4, 0.5) is 0 Å². The quantitative estimate of drug-likeness (QED) is 0.269. The Bertz CT molecular complexity index is 551. The highest BCUT2D eigenvalue weighted by Crippen LogP contribution is 2.48. The molecule has 2 saturated carbocycles. The van der Waals surface area contributed by atoms with Crippen molar-refractivity contribution in [2.24, 2.45) is 17.3 Å². The van der Waals surface area contributed by atoms with Crippen molar-refractivity contribution in [1.82, 2.24) is 0 Å². The lowest BCUT2D eigenvalue weighted by Crippen LogP contribution is -2.40. The van der Waals surface area contributed by atoms with Crippen LogP contribution in [0.15, 0.2) is 12.2 Å². The zero-order chi connectivity index (χ0) is 21.3. The van der Waals surface area contributed by atoms with Crippen LogP contribution >= 0.6 is 0 Å². The summed E-state index contributed by atoms with van der Waals surface area (Å²) in [7, 11) is 1.40. The number of hydrogen-bond donors (Lipinski definition) is 2. The van der Waals surface area contributed by atoms with E-state index in [0.29, 0.717) is 6.42 Å². The average molecular weight is 409 g/mol. The summed E-state index contributed by atoms with van der Waals surface area (Å²) < 4.78 is 4.64. The van der Waals surface area contributed by atoms with Crippen molar-refractivity contribution in [3.8, 4) is 0 Å². The Morgan fingerprint density at radius 2 is 1.97 bits per heavy atom. The molecule has 2 fully saturated rings. The van der Waals surface area contributed by atoms with E-state index >= 15 is 0 Å². The Labute approximate surface area is 175 Å². The normalized spacial score (nSPS) is 27.2. The van der Waals surface area contributed by atoms with Crippen LogP contribution in [0.2, 0.25) is 0 Å². The molecule has 29 heavy (non-hydrogen) atoms. The number of ketones is 1. The summed E-state index contributed by atoms with van der Waals surface area (Å²) in [4.78, 5) is 23.5. The van der Waals surface area contributed by atoms with E-state index in [1.807, 2.05) is 12.2 Å². The molecule has 0 heterocycles. The van der Waals surface area contributed by atoms with Gasteiger partial charge >= 0.3 is 5.97 Å². The van der Waals surface area contributed by atoms with E-state index in [2.05, 4.69) is 11.7 Å². The highest BCUT2D eigenvalue weighted by atomic mass is 16.5. The fourth-order valence-electron chi connectivity index (χ4n) is 4.97. The molecule has 4 atom stereocenters. The van der Waals surface area contributed by atoms with Crippen LogP contribution in [-0.4, -0.2) is 41.3 Å². The molecule has 0 amide bonds. The number of methoxy groups -OCH3 is 1. The van der Waals surface area contributed by atoms with E-state index < -0.39 is 12.2 Å². The standard InChI is InChI=1S/C24H40O5/c1-3-4-14-24(15-9-16-24)22(27)13-12-19-18(20(25)17-21(19)26)10-7-5-6-8-11-23(28)29-2/h12-13,18-19,21-22,26-27H,3-11,14-17H2,1-2H3/t18-,19-,21-,22?/m1/s1. The molecule has 2 aliphatic carbocycles. The number of rotatable bonds is 13. The van der Waals surface area contributed by atoms with Crippen LogP contribution in [0.1, 0.15) is 90.4 Å². The minimum Gasteiger partial charge on any atom is -0.469 e. The van der Waals surface area contributed by atoms with Crippen molar-refractivity contribution in [2.75, 3.05) is 7.11 Å². The van der Waals surface area contributed by atoms with Gasteiger partial charge in [-0.2, -0.15) is 0 Å². The number of carbonyl (C=O) groups is 2. The van der Waals surface area contributed by atoms with E-state index in [9.17, 15) is 19.8 Å². The van der Waals surface area contributed by atoms with Crippen LogP contribution < -0.4 is 0 Å². The number of esters is 1. The third-order valence-corrected chi connectivity index (χ3v) is 7.13. The molecule has 5 heteroatoms. The number of carbonyl (C=O) groups excluding carboxylic acids is 2. The van der Waals surface area contributed by atoms with Gasteiger partial charge in [0.05, 0.1) is 19.3 Å². The lowest BCUT2D eigenvalue weighted by Gasteiger charge is -2.45. The van der Waals surface area contributed by atoms with Gasteiger partial charge in [-0.15, -0.1) is 0 Å². The third-order valence-electron chi connectivity index (χ3n) is 7.13. The molecule has 166 valence electrons. The minimum absolute atomic E-state index is 0.00914. The summed E-state index contributed by atoms with van der Waals surface area (Å²) in [6.45, 7) is 2.18. The van der Waals surface area contributed by atoms with Crippen LogP contribution in [0.25, 0.3) is 0 Å². The molecule has 0 saturated heterocycles. The molecule has 0 aromatic carbocycles. The Morgan fingerprint density at radius 1 is 1.24 bits per heavy atom. The number of aliphatic hydroxyl groups excluding tert-OH is 2. The molecular formula is C24H40O5. The molecule has 0 spiro atoms. The SMILES string of the molecule is CCCCC1(C(O)C=C[C@H]2[C@H](O)CC(=O)[C@@H]2CCCCCCC(=O)OC)CCC1. The fraction of sp³-hybridized carbons (Fsp3) is 0.833. The van der Waals surface area contributed by atoms with Gasteiger partial charge in [0.2, 0.25) is 0 Å². The first-order valence-corrected chi connectivity index (χ1v) is 11.6. The van der Waals surface area contributed by atoms with Crippen molar-refractivity contribution in [2.45, 2.75) is 103 Å². The molecule has 2 rings (SSSR count). The van der Waals surface area contributed by atoms with E-state index in [-0.39, 0.29) is 35.4 Å². The lowest BCUT2D eigenvalue weighted by molar-refractivity contribution is -0.140. The summed E-state index contributed by atoms with van der Waals surface area (Å²) in [6, 6.07) is 0. The second kappa shape index (κ2) is 11.8. The van der Waals surface area contributed by atoms with E-state index in [4.69, 9.17) is 0 Å². The Kier molecular flexibility index (Phi) is 9.84. The molecule has 2 aliphatic rings. The highest BCUT2D eigenvalue weighted by molar-refractivity contribution is 5.84. The number of aliphatic hydroxyl groups is 2. The van der Waals surface area contributed by atoms with Gasteiger partial charge in [-0.3, -0.25) is 9.59 Å². The molecule has 0 bridgehead atoms. The third kappa shape index (κ3) is 6.65. The van der Waals surface area contributed by atoms with Crippen LogP contribution in [0.5, 0.6) is 0 Å². The van der Waals surface area contributed by atoms with Crippen molar-refractivity contribution in [3.63, 3.8) is 0 Å². The Balaban J connectivity index is 1.83. The van der Waals surface area contributed by atoms with E-state index in [1.54, 1.807) is 0 Å². The van der Waals surface area contributed by atoms with Crippen molar-refractivity contribution in [1.29, 1.82) is 0 Å². The first-order valence-electron chi connectivity index (χ1n) is 11.6. The van der Waals surface area contributed by atoms with Gasteiger partial charge in [0.25, 0.3) is 0 Å². The highest BCUT2D eigenvalue weighted by Gasteiger charge is 2.43. The van der Waals surface area contributed by atoms with Gasteiger partial charge in [-0.1, -0.05) is 57.6 Å². The van der Waals surface area contributed by atoms with Crippen molar-refractivity contribution < 1.29 is 24.5 Å². The van der Waals surface area contributed by atoms with Gasteiger partial charge in [0.15, 0.2) is 0 Å². The van der Waals surface area contributed by atoms with Gasteiger partial charge in [-0.05, 0) is 37.5 Å². The number of unbranched alkanes of at least 4 members (excludes halogenated alkanes) is 4. The first-order chi connectivity index (χ1) is 13.9. The summed E-state index contributed by atoms with van der Waals surface area (Å²) in [5.41, 5.74) is 0.00914. The maximum absolute atomic E-state index is 12.4. The predicted octanol–water partition coefficient (Wildman–Crippen LogP) is 4.34. The molecule has 0 aromatic rings. The zero-order valence-corrected chi connectivity index (χ0v) is 18.3. The summed E-state index contributed by atoms with van der Waals surface area (Å²) in [5, 5.41) is 21.2. The van der Waals surface area contributed by atoms with Crippen LogP contribution in [0.3, 0.4) is 0 Å². The molecule has 0 aliphatic heterocycles. The summed E-state index contributed by atoms with van der Waals surface area (Å²) >= 11 is 0. The second-order valence-corrected chi connectivity index (χ2v) is 9.10. The second-order valence-electron chi connectivity index (χ2n) is 9.10. The van der Waals surface area contributed by atoms with Crippen molar-refractivity contribution >= 4 is 11.8 Å². The molecule has 0 aromatic heterocycles. The predicted molar refractivity (Wildman–Crippen MR) is 113 cm³/mol. The minimum atomic E-state index is -0.636. The molecule has 5 nitrogen and oxygen atoms in total. The fourth-order valence-corrected chi connectivity index (χ4v) is 4.97. The average Bonchev–Trinajstić information content (AvgIpc) is 2.94. The van der Waals surface area contributed by atoms with Crippen molar-refractivity contribution in [3.05, 3.63) is 12.2 Å². The Hall–Kier alpha value is -1.20. The Morgan fingerprint density at radius 3 is 2.59 bits per heavy atom. The number of ether oxygens (including phenoxy) is 1. The first kappa shape index (κ1) is 24.1. The smallest absolute Gasteiger partial charge is 0.305 e. The monoisotopic (exact) mass is 408 g/mol. The maximum Gasteiger partial charge on any atom is 0.305 e. The number of Topliss-reactive ketones (excluding diaryl/α,β-unsaturated/α-hetero) is 1. The van der Waals surface area contributed by atoms with Gasteiger partial charge in [0, 0.05) is 24.7 Å². The largest absolute Gasteiger partial charge is 0.469 e. The molecular weight excluding hydrogens is 368 g/mol. The topological polar surface area (TPSA) is 83.8 Å². The van der Waals surface area contributed by atoms with Gasteiger partial charge in [0.1, 0.15) is 5.78 Å². The van der Waals surface area contributed by atoms with E-state index in [1.165, 1.54) is 13.5 Å². The van der Waals surface area contributed by atoms with Crippen LogP contribution in [-0.2, 0) is 14.3 Å².